The molecule has 1 aromatic heterocycles. The predicted octanol–water partition coefficient (Wildman–Crippen LogP) is 2.24. The molecule has 0 aliphatic rings. The van der Waals surface area contributed by atoms with E-state index in [1.54, 1.807) is 0 Å². The van der Waals surface area contributed by atoms with Crippen LogP contribution in [-0.2, 0) is 0 Å². The van der Waals surface area contributed by atoms with Crippen LogP contribution in [0, 0.1) is 11.3 Å². The van der Waals surface area contributed by atoms with Crippen molar-refractivity contribution in [3.63, 3.8) is 0 Å². The van der Waals surface area contributed by atoms with Gasteiger partial charge in [-0.25, -0.2) is 18.6 Å². The number of carboxylic acid groups (broad SMARTS) is 1. The molecule has 78 valence electrons. The minimum absolute atomic E-state index is 0.554. The zero-order chi connectivity index (χ0) is 11.6. The largest absolute Gasteiger partial charge is 0.476 e. The van der Waals surface area contributed by atoms with E-state index in [4.69, 9.17) is 22.0 Å². The molecule has 0 aromatic carbocycles. The number of halogens is 3. The number of carbonyl (C=O) groups is 1. The van der Waals surface area contributed by atoms with E-state index in [0.29, 0.717) is 6.20 Å². The summed E-state index contributed by atoms with van der Waals surface area (Å²) < 4.78 is 24.6. The first kappa shape index (κ1) is 11.3. The Hall–Kier alpha value is -1.74. The molecule has 0 saturated carbocycles. The van der Waals surface area contributed by atoms with E-state index < -0.39 is 34.2 Å². The number of hydrogen-bond donors (Lipinski definition) is 1. The fourth-order valence-electron chi connectivity index (χ4n) is 0.920. The van der Waals surface area contributed by atoms with Gasteiger partial charge in [-0.3, -0.25) is 0 Å². The molecule has 0 radical (unpaired) electrons. The number of pyridine rings is 1. The molecular formula is C8H3ClF2N2O2. The SMILES string of the molecule is N#Cc1c(C(=O)O)ncc(C(F)F)c1Cl. The van der Waals surface area contributed by atoms with Gasteiger partial charge < -0.3 is 5.11 Å². The highest BCUT2D eigenvalue weighted by atomic mass is 35.5. The molecule has 0 unspecified atom stereocenters. The van der Waals surface area contributed by atoms with Crippen molar-refractivity contribution in [3.05, 3.63) is 28.0 Å². The molecule has 4 nitrogen and oxygen atoms in total. The van der Waals surface area contributed by atoms with Gasteiger partial charge in [0.15, 0.2) is 5.69 Å². The zero-order valence-corrected chi connectivity index (χ0v) is 7.79. The highest BCUT2D eigenvalue weighted by Crippen LogP contribution is 2.29. The molecule has 1 N–H and O–H groups in total. The maximum atomic E-state index is 12.3. The summed E-state index contributed by atoms with van der Waals surface area (Å²) in [5.74, 6) is -1.49. The quantitative estimate of drug-likeness (QED) is 0.849. The Balaban J connectivity index is 3.48. The van der Waals surface area contributed by atoms with E-state index in [0.717, 1.165) is 0 Å². The number of alkyl halides is 2. The number of hydrogen-bond acceptors (Lipinski definition) is 3. The molecule has 7 heteroatoms. The summed E-state index contributed by atoms with van der Waals surface area (Å²) in [5, 5.41) is 16.6. The number of aromatic nitrogens is 1. The van der Waals surface area contributed by atoms with Crippen molar-refractivity contribution in [3.8, 4) is 6.07 Å². The standard InChI is InChI=1S/C8H3ClF2N2O2/c9-5-3(1-12)6(8(14)15)13-2-4(5)7(10)11/h2,7H,(H,14,15). The fraction of sp³-hybridized carbons (Fsp3) is 0.125. The maximum absolute atomic E-state index is 12.3. The molecule has 0 atom stereocenters. The molecule has 0 aliphatic heterocycles. The van der Waals surface area contributed by atoms with Crippen molar-refractivity contribution >= 4 is 17.6 Å². The molecule has 0 fully saturated rings. The van der Waals surface area contributed by atoms with Gasteiger partial charge in [0.05, 0.1) is 10.6 Å². The smallest absolute Gasteiger partial charge is 0.355 e. The summed E-state index contributed by atoms with van der Waals surface area (Å²) in [6.07, 6.45) is -2.25. The lowest BCUT2D eigenvalue weighted by Gasteiger charge is -2.05. The van der Waals surface area contributed by atoms with Crippen LogP contribution in [0.1, 0.15) is 28.0 Å². The van der Waals surface area contributed by atoms with Gasteiger partial charge in [-0.2, -0.15) is 5.26 Å². The maximum Gasteiger partial charge on any atom is 0.355 e. The Bertz CT molecular complexity index is 457. The Labute approximate surface area is 87.7 Å². The average molecular weight is 233 g/mol. The summed E-state index contributed by atoms with van der Waals surface area (Å²) in [4.78, 5) is 13.8. The predicted molar refractivity (Wildman–Crippen MR) is 45.9 cm³/mol. The third-order valence-corrected chi connectivity index (χ3v) is 2.00. The molecule has 1 rings (SSSR count). The molecule has 0 aliphatic carbocycles. The third kappa shape index (κ3) is 2.02. The van der Waals surface area contributed by atoms with Crippen molar-refractivity contribution in [2.45, 2.75) is 6.43 Å². The van der Waals surface area contributed by atoms with Gasteiger partial charge in [0.1, 0.15) is 11.6 Å². The zero-order valence-electron chi connectivity index (χ0n) is 7.04. The number of nitriles is 1. The van der Waals surface area contributed by atoms with Crippen molar-refractivity contribution in [2.24, 2.45) is 0 Å². The lowest BCUT2D eigenvalue weighted by atomic mass is 10.1. The van der Waals surface area contributed by atoms with Crippen LogP contribution in [-0.4, -0.2) is 16.1 Å². The fourth-order valence-corrected chi connectivity index (χ4v) is 1.18. The molecule has 15 heavy (non-hydrogen) atoms. The second kappa shape index (κ2) is 4.19. The second-order valence-electron chi connectivity index (χ2n) is 2.47. The van der Waals surface area contributed by atoms with Crippen LogP contribution < -0.4 is 0 Å². The Morgan fingerprint density at radius 3 is 2.67 bits per heavy atom. The van der Waals surface area contributed by atoms with Gasteiger partial charge in [0.25, 0.3) is 6.43 Å². The Kier molecular flexibility index (Phi) is 3.17. The normalized spacial score (nSPS) is 10.1. The highest BCUT2D eigenvalue weighted by molar-refractivity contribution is 6.33. The van der Waals surface area contributed by atoms with Gasteiger partial charge in [-0.1, -0.05) is 11.6 Å². The lowest BCUT2D eigenvalue weighted by Crippen LogP contribution is -2.06. The first-order valence-corrected chi connectivity index (χ1v) is 3.96. The van der Waals surface area contributed by atoms with E-state index in [2.05, 4.69) is 4.98 Å². The summed E-state index contributed by atoms with van der Waals surface area (Å²) in [6, 6.07) is 1.43. The topological polar surface area (TPSA) is 74.0 Å². The van der Waals surface area contributed by atoms with Crippen molar-refractivity contribution in [1.29, 1.82) is 5.26 Å². The summed E-state index contributed by atoms with van der Waals surface area (Å²) in [6.45, 7) is 0. The molecule has 1 aromatic rings. The van der Waals surface area contributed by atoms with Gasteiger partial charge in [0, 0.05) is 6.20 Å². The number of carboxylic acids is 1. The molecular weight excluding hydrogens is 230 g/mol. The van der Waals surface area contributed by atoms with Gasteiger partial charge in [0.2, 0.25) is 0 Å². The summed E-state index contributed by atoms with van der Waals surface area (Å²) in [5.41, 5.74) is -1.84. The number of aromatic carboxylic acids is 1. The van der Waals surface area contributed by atoms with Crippen LogP contribution in [0.2, 0.25) is 5.02 Å². The summed E-state index contributed by atoms with van der Waals surface area (Å²) >= 11 is 5.45. The second-order valence-corrected chi connectivity index (χ2v) is 2.85. The Morgan fingerprint density at radius 2 is 2.27 bits per heavy atom. The van der Waals surface area contributed by atoms with Gasteiger partial charge >= 0.3 is 5.97 Å². The van der Waals surface area contributed by atoms with Crippen LogP contribution in [0.25, 0.3) is 0 Å². The van der Waals surface area contributed by atoms with Crippen LogP contribution in [0.4, 0.5) is 8.78 Å². The number of rotatable bonds is 2. The van der Waals surface area contributed by atoms with Crippen LogP contribution in [0.3, 0.4) is 0 Å². The van der Waals surface area contributed by atoms with E-state index in [9.17, 15) is 13.6 Å². The molecule has 0 amide bonds. The van der Waals surface area contributed by atoms with Gasteiger partial charge in [-0.15, -0.1) is 0 Å². The monoisotopic (exact) mass is 232 g/mol. The molecule has 1 heterocycles. The lowest BCUT2D eigenvalue weighted by molar-refractivity contribution is 0.0689. The average Bonchev–Trinajstić information content (AvgIpc) is 2.16. The van der Waals surface area contributed by atoms with E-state index >= 15 is 0 Å². The summed E-state index contributed by atoms with van der Waals surface area (Å²) in [7, 11) is 0. The first-order valence-electron chi connectivity index (χ1n) is 3.59. The van der Waals surface area contributed by atoms with Crippen molar-refractivity contribution < 1.29 is 18.7 Å². The van der Waals surface area contributed by atoms with E-state index in [1.807, 2.05) is 0 Å². The highest BCUT2D eigenvalue weighted by Gasteiger charge is 2.22. The molecule has 0 saturated heterocycles. The minimum atomic E-state index is -2.90. The minimum Gasteiger partial charge on any atom is -0.476 e. The van der Waals surface area contributed by atoms with Crippen LogP contribution in [0.5, 0.6) is 0 Å². The van der Waals surface area contributed by atoms with Crippen LogP contribution in [0.15, 0.2) is 6.20 Å². The first-order chi connectivity index (χ1) is 6.99. The number of nitrogens with zero attached hydrogens (tertiary/aromatic N) is 2. The third-order valence-electron chi connectivity index (χ3n) is 1.59. The van der Waals surface area contributed by atoms with Gasteiger partial charge in [-0.05, 0) is 0 Å². The van der Waals surface area contributed by atoms with Crippen LogP contribution >= 0.6 is 11.6 Å². The van der Waals surface area contributed by atoms with E-state index in [1.165, 1.54) is 6.07 Å². The van der Waals surface area contributed by atoms with Crippen molar-refractivity contribution in [1.82, 2.24) is 4.98 Å². The molecule has 0 bridgehead atoms. The van der Waals surface area contributed by atoms with Crippen molar-refractivity contribution in [2.75, 3.05) is 0 Å². The Morgan fingerprint density at radius 1 is 1.67 bits per heavy atom. The molecule has 0 spiro atoms. The van der Waals surface area contributed by atoms with E-state index in [-0.39, 0.29) is 0 Å².